The second-order valence-corrected chi connectivity index (χ2v) is 3.33. The van der Waals surface area contributed by atoms with Crippen molar-refractivity contribution >= 4 is 0 Å². The number of nitrogens with zero attached hydrogens (tertiary/aromatic N) is 1. The zero-order valence-electron chi connectivity index (χ0n) is 8.66. The zero-order valence-corrected chi connectivity index (χ0v) is 8.66. The molecule has 1 aromatic carbocycles. The first-order valence-corrected chi connectivity index (χ1v) is 4.76. The van der Waals surface area contributed by atoms with E-state index in [1.54, 1.807) is 7.11 Å². The van der Waals surface area contributed by atoms with Crippen molar-refractivity contribution in [3.8, 4) is 6.07 Å². The lowest BCUT2D eigenvalue weighted by Crippen LogP contribution is -2.31. The van der Waals surface area contributed by atoms with E-state index in [-0.39, 0.29) is 0 Å². The summed E-state index contributed by atoms with van der Waals surface area (Å²) in [6.07, 6.45) is 1.35. The van der Waals surface area contributed by atoms with Gasteiger partial charge in [-0.3, -0.25) is 0 Å². The van der Waals surface area contributed by atoms with Gasteiger partial charge in [-0.1, -0.05) is 37.3 Å². The molecule has 0 N–H and O–H groups in total. The Hall–Kier alpha value is -1.33. The Morgan fingerprint density at radius 2 is 2.00 bits per heavy atom. The predicted octanol–water partition coefficient (Wildman–Crippen LogP) is 2.55. The molecule has 2 heteroatoms. The van der Waals surface area contributed by atoms with Crippen LogP contribution in [0.1, 0.15) is 18.9 Å². The molecule has 14 heavy (non-hydrogen) atoms. The Labute approximate surface area is 85.1 Å². The molecule has 0 aliphatic heterocycles. The first kappa shape index (κ1) is 10.7. The van der Waals surface area contributed by atoms with Crippen LogP contribution < -0.4 is 0 Å². The molecule has 2 nitrogen and oxygen atoms in total. The Kier molecular flexibility index (Phi) is 3.67. The van der Waals surface area contributed by atoms with Crippen LogP contribution in [0.25, 0.3) is 0 Å². The summed E-state index contributed by atoms with van der Waals surface area (Å²) in [5.74, 6) is 0. The number of rotatable bonds is 4. The van der Waals surface area contributed by atoms with Gasteiger partial charge in [0.15, 0.2) is 5.60 Å². The van der Waals surface area contributed by atoms with Gasteiger partial charge in [-0.2, -0.15) is 5.26 Å². The van der Waals surface area contributed by atoms with E-state index in [1.165, 1.54) is 0 Å². The van der Waals surface area contributed by atoms with Crippen molar-refractivity contribution in [2.24, 2.45) is 0 Å². The predicted molar refractivity (Wildman–Crippen MR) is 55.8 cm³/mol. The minimum absolute atomic E-state index is 0.650. The number of hydrogen-bond donors (Lipinski definition) is 0. The summed E-state index contributed by atoms with van der Waals surface area (Å²) in [5, 5.41) is 9.06. The maximum atomic E-state index is 9.06. The second-order valence-electron chi connectivity index (χ2n) is 3.33. The molecule has 1 rings (SSSR count). The number of benzene rings is 1. The van der Waals surface area contributed by atoms with E-state index in [0.29, 0.717) is 12.8 Å². The fraction of sp³-hybridized carbons (Fsp3) is 0.417. The summed E-state index contributed by atoms with van der Waals surface area (Å²) in [5.41, 5.74) is 0.471. The van der Waals surface area contributed by atoms with Crippen LogP contribution in [0, 0.1) is 11.3 Å². The van der Waals surface area contributed by atoms with E-state index in [4.69, 9.17) is 10.00 Å². The standard InChI is InChI=1S/C12H15NO/c1-3-12(10-13,14-2)9-11-7-5-4-6-8-11/h4-8H,3,9H2,1-2H3. The highest BCUT2D eigenvalue weighted by atomic mass is 16.5. The molecule has 0 spiro atoms. The molecule has 0 radical (unpaired) electrons. The quantitative estimate of drug-likeness (QED) is 0.729. The summed E-state index contributed by atoms with van der Waals surface area (Å²) >= 11 is 0. The highest BCUT2D eigenvalue weighted by molar-refractivity contribution is 5.20. The maximum absolute atomic E-state index is 9.06. The van der Waals surface area contributed by atoms with Crippen LogP contribution in [0.2, 0.25) is 0 Å². The van der Waals surface area contributed by atoms with Crippen molar-refractivity contribution in [2.75, 3.05) is 7.11 Å². The third-order valence-corrected chi connectivity index (χ3v) is 2.50. The molecule has 0 bridgehead atoms. The van der Waals surface area contributed by atoms with Crippen molar-refractivity contribution in [3.63, 3.8) is 0 Å². The van der Waals surface area contributed by atoms with Crippen molar-refractivity contribution in [2.45, 2.75) is 25.4 Å². The van der Waals surface area contributed by atoms with Gasteiger partial charge in [0.25, 0.3) is 0 Å². The van der Waals surface area contributed by atoms with Crippen molar-refractivity contribution in [1.82, 2.24) is 0 Å². The molecule has 1 atom stereocenters. The lowest BCUT2D eigenvalue weighted by atomic mass is 9.93. The van der Waals surface area contributed by atoms with E-state index in [2.05, 4.69) is 6.07 Å². The monoisotopic (exact) mass is 189 g/mol. The molecule has 0 saturated carbocycles. The number of hydrogen-bond acceptors (Lipinski definition) is 2. The Bertz CT molecular complexity index is 309. The van der Waals surface area contributed by atoms with E-state index >= 15 is 0 Å². The third kappa shape index (κ3) is 2.34. The SMILES string of the molecule is CCC(C#N)(Cc1ccccc1)OC. The molecule has 0 fully saturated rings. The van der Waals surface area contributed by atoms with E-state index in [1.807, 2.05) is 37.3 Å². The van der Waals surface area contributed by atoms with Gasteiger partial charge in [0.2, 0.25) is 0 Å². The van der Waals surface area contributed by atoms with Gasteiger partial charge < -0.3 is 4.74 Å². The fourth-order valence-corrected chi connectivity index (χ4v) is 1.43. The second kappa shape index (κ2) is 4.78. The Morgan fingerprint density at radius 1 is 1.36 bits per heavy atom. The van der Waals surface area contributed by atoms with Crippen LogP contribution in [0.3, 0.4) is 0 Å². The average molecular weight is 189 g/mol. The third-order valence-electron chi connectivity index (χ3n) is 2.50. The molecule has 0 heterocycles. The lowest BCUT2D eigenvalue weighted by Gasteiger charge is -2.23. The average Bonchev–Trinajstić information content (AvgIpc) is 2.28. The van der Waals surface area contributed by atoms with Crippen LogP contribution in [-0.2, 0) is 11.2 Å². The van der Waals surface area contributed by atoms with Gasteiger partial charge in [-0.05, 0) is 12.0 Å². The molecular formula is C12H15NO. The summed E-state index contributed by atoms with van der Waals surface area (Å²) in [6.45, 7) is 1.97. The minimum Gasteiger partial charge on any atom is -0.363 e. The van der Waals surface area contributed by atoms with Crippen LogP contribution in [0.5, 0.6) is 0 Å². The van der Waals surface area contributed by atoms with Crippen LogP contribution >= 0.6 is 0 Å². The van der Waals surface area contributed by atoms with Gasteiger partial charge in [0, 0.05) is 13.5 Å². The smallest absolute Gasteiger partial charge is 0.157 e. The van der Waals surface area contributed by atoms with Crippen molar-refractivity contribution in [1.29, 1.82) is 5.26 Å². The molecule has 74 valence electrons. The first-order chi connectivity index (χ1) is 6.76. The van der Waals surface area contributed by atoms with Crippen molar-refractivity contribution in [3.05, 3.63) is 35.9 Å². The molecular weight excluding hydrogens is 174 g/mol. The summed E-state index contributed by atoms with van der Waals surface area (Å²) in [6, 6.07) is 12.2. The summed E-state index contributed by atoms with van der Waals surface area (Å²) in [4.78, 5) is 0. The normalized spacial score (nSPS) is 14.4. The highest BCUT2D eigenvalue weighted by Crippen LogP contribution is 2.20. The van der Waals surface area contributed by atoms with E-state index < -0.39 is 5.60 Å². The van der Waals surface area contributed by atoms with Gasteiger partial charge in [0.05, 0.1) is 6.07 Å². The highest BCUT2D eigenvalue weighted by Gasteiger charge is 2.27. The molecule has 0 aromatic heterocycles. The Morgan fingerprint density at radius 3 is 2.43 bits per heavy atom. The van der Waals surface area contributed by atoms with Crippen molar-refractivity contribution < 1.29 is 4.74 Å². The van der Waals surface area contributed by atoms with E-state index in [9.17, 15) is 0 Å². The first-order valence-electron chi connectivity index (χ1n) is 4.76. The van der Waals surface area contributed by atoms with Crippen LogP contribution in [0.15, 0.2) is 30.3 Å². The fourth-order valence-electron chi connectivity index (χ4n) is 1.43. The van der Waals surface area contributed by atoms with Crippen LogP contribution in [0.4, 0.5) is 0 Å². The molecule has 0 saturated heterocycles. The van der Waals surface area contributed by atoms with Gasteiger partial charge in [0.1, 0.15) is 0 Å². The molecule has 0 aliphatic carbocycles. The lowest BCUT2D eigenvalue weighted by molar-refractivity contribution is 0.0362. The largest absolute Gasteiger partial charge is 0.363 e. The number of methoxy groups -OCH3 is 1. The topological polar surface area (TPSA) is 33.0 Å². The van der Waals surface area contributed by atoms with Crippen LogP contribution in [-0.4, -0.2) is 12.7 Å². The number of nitriles is 1. The Balaban J connectivity index is 2.81. The summed E-state index contributed by atoms with van der Waals surface area (Å²) < 4.78 is 5.28. The minimum atomic E-state index is -0.665. The zero-order chi connectivity index (χ0) is 10.4. The van der Waals surface area contributed by atoms with E-state index in [0.717, 1.165) is 5.56 Å². The van der Waals surface area contributed by atoms with Gasteiger partial charge >= 0.3 is 0 Å². The maximum Gasteiger partial charge on any atom is 0.157 e. The van der Waals surface area contributed by atoms with Gasteiger partial charge in [-0.15, -0.1) is 0 Å². The summed E-state index contributed by atoms with van der Waals surface area (Å²) in [7, 11) is 1.59. The molecule has 0 aliphatic rings. The number of ether oxygens (including phenoxy) is 1. The van der Waals surface area contributed by atoms with Gasteiger partial charge in [-0.25, -0.2) is 0 Å². The molecule has 0 amide bonds. The molecule has 1 unspecified atom stereocenters. The molecule has 1 aromatic rings.